The van der Waals surface area contributed by atoms with Gasteiger partial charge < -0.3 is 15.0 Å². The lowest BCUT2D eigenvalue weighted by Crippen LogP contribution is -2.04. The standard InChI is InChI=1S/C19H17ClN2O2/c1-2-24-19(23)16-12-17(21-15-10-8-14(20)9-11-15)22-18(16)13-6-4-3-5-7-13/h3-12,21-22H,2H2,1H3. The van der Waals surface area contributed by atoms with Crippen LogP contribution in [-0.2, 0) is 4.74 Å². The Balaban J connectivity index is 1.96. The van der Waals surface area contributed by atoms with E-state index >= 15 is 0 Å². The van der Waals surface area contributed by atoms with Gasteiger partial charge >= 0.3 is 5.97 Å². The molecule has 0 aliphatic carbocycles. The Morgan fingerprint density at radius 1 is 1.12 bits per heavy atom. The van der Waals surface area contributed by atoms with Gasteiger partial charge in [-0.2, -0.15) is 0 Å². The van der Waals surface area contributed by atoms with Crippen molar-refractivity contribution in [3.63, 3.8) is 0 Å². The molecule has 0 aliphatic heterocycles. The SMILES string of the molecule is CCOC(=O)c1cc(Nc2ccc(Cl)cc2)[nH]c1-c1ccccc1. The molecule has 0 amide bonds. The van der Waals surface area contributed by atoms with Gasteiger partial charge in [0.1, 0.15) is 5.82 Å². The number of esters is 1. The monoisotopic (exact) mass is 340 g/mol. The highest BCUT2D eigenvalue weighted by Crippen LogP contribution is 2.28. The van der Waals surface area contributed by atoms with E-state index in [2.05, 4.69) is 10.3 Å². The molecule has 2 N–H and O–H groups in total. The fourth-order valence-electron chi connectivity index (χ4n) is 2.41. The minimum atomic E-state index is -0.350. The molecule has 0 atom stereocenters. The van der Waals surface area contributed by atoms with E-state index < -0.39 is 0 Å². The van der Waals surface area contributed by atoms with Crippen LogP contribution in [0, 0.1) is 0 Å². The van der Waals surface area contributed by atoms with Crippen molar-refractivity contribution in [3.05, 3.63) is 71.2 Å². The van der Waals surface area contributed by atoms with E-state index in [1.807, 2.05) is 42.5 Å². The second-order valence-corrected chi connectivity index (χ2v) is 5.63. The van der Waals surface area contributed by atoms with E-state index in [1.54, 1.807) is 25.1 Å². The van der Waals surface area contributed by atoms with Crippen LogP contribution in [-0.4, -0.2) is 17.6 Å². The minimum Gasteiger partial charge on any atom is -0.462 e. The first-order valence-corrected chi connectivity index (χ1v) is 8.03. The van der Waals surface area contributed by atoms with Gasteiger partial charge in [0.25, 0.3) is 0 Å². The number of hydrogen-bond acceptors (Lipinski definition) is 3. The Morgan fingerprint density at radius 2 is 1.83 bits per heavy atom. The lowest BCUT2D eigenvalue weighted by Gasteiger charge is -2.04. The third kappa shape index (κ3) is 3.60. The molecule has 3 rings (SSSR count). The van der Waals surface area contributed by atoms with Crippen molar-refractivity contribution in [3.8, 4) is 11.3 Å². The van der Waals surface area contributed by atoms with Crippen LogP contribution >= 0.6 is 11.6 Å². The smallest absolute Gasteiger partial charge is 0.340 e. The first kappa shape index (κ1) is 16.1. The van der Waals surface area contributed by atoms with Gasteiger partial charge in [0.05, 0.1) is 17.9 Å². The van der Waals surface area contributed by atoms with Crippen LogP contribution in [0.15, 0.2) is 60.7 Å². The highest BCUT2D eigenvalue weighted by Gasteiger charge is 2.18. The summed E-state index contributed by atoms with van der Waals surface area (Å²) in [6, 6.07) is 18.8. The van der Waals surface area contributed by atoms with Gasteiger partial charge in [-0.25, -0.2) is 4.79 Å². The molecule has 1 aromatic heterocycles. The van der Waals surface area contributed by atoms with Crippen molar-refractivity contribution in [2.24, 2.45) is 0 Å². The number of aromatic amines is 1. The van der Waals surface area contributed by atoms with E-state index in [0.717, 1.165) is 16.9 Å². The molecule has 24 heavy (non-hydrogen) atoms. The molecular weight excluding hydrogens is 324 g/mol. The summed E-state index contributed by atoms with van der Waals surface area (Å²) in [6.45, 7) is 2.12. The molecule has 0 radical (unpaired) electrons. The molecule has 1 heterocycles. The molecule has 0 saturated heterocycles. The number of halogens is 1. The number of anilines is 2. The summed E-state index contributed by atoms with van der Waals surface area (Å²) in [4.78, 5) is 15.5. The zero-order valence-electron chi connectivity index (χ0n) is 13.2. The Kier molecular flexibility index (Phi) is 4.87. The van der Waals surface area contributed by atoms with Crippen molar-refractivity contribution in [2.75, 3.05) is 11.9 Å². The first-order valence-electron chi connectivity index (χ1n) is 7.65. The van der Waals surface area contributed by atoms with Crippen LogP contribution in [0.2, 0.25) is 5.02 Å². The number of carbonyl (C=O) groups excluding carboxylic acids is 1. The quantitative estimate of drug-likeness (QED) is 0.623. The Labute approximate surface area is 145 Å². The second kappa shape index (κ2) is 7.23. The van der Waals surface area contributed by atoms with Gasteiger partial charge in [0.2, 0.25) is 0 Å². The van der Waals surface area contributed by atoms with Crippen molar-refractivity contribution in [1.82, 2.24) is 4.98 Å². The van der Waals surface area contributed by atoms with E-state index in [0.29, 0.717) is 23.0 Å². The van der Waals surface area contributed by atoms with Crippen molar-refractivity contribution < 1.29 is 9.53 Å². The van der Waals surface area contributed by atoms with Crippen LogP contribution in [0.25, 0.3) is 11.3 Å². The van der Waals surface area contributed by atoms with Crippen LogP contribution < -0.4 is 5.32 Å². The van der Waals surface area contributed by atoms with Crippen LogP contribution in [0.5, 0.6) is 0 Å². The molecule has 2 aromatic carbocycles. The molecule has 0 spiro atoms. The molecule has 122 valence electrons. The molecule has 3 aromatic rings. The summed E-state index contributed by atoms with van der Waals surface area (Å²) in [6.07, 6.45) is 0. The van der Waals surface area contributed by atoms with Crippen LogP contribution in [0.4, 0.5) is 11.5 Å². The molecule has 5 heteroatoms. The molecule has 4 nitrogen and oxygen atoms in total. The average Bonchev–Trinajstić information content (AvgIpc) is 3.02. The molecular formula is C19H17ClN2O2. The third-order valence-electron chi connectivity index (χ3n) is 3.50. The number of benzene rings is 2. The van der Waals surface area contributed by atoms with Crippen molar-refractivity contribution >= 4 is 29.1 Å². The molecule has 0 aliphatic rings. The van der Waals surface area contributed by atoms with E-state index in [1.165, 1.54) is 0 Å². The number of aromatic nitrogens is 1. The third-order valence-corrected chi connectivity index (χ3v) is 3.75. The number of hydrogen-bond donors (Lipinski definition) is 2. The minimum absolute atomic E-state index is 0.332. The van der Waals surface area contributed by atoms with Gasteiger partial charge in [-0.3, -0.25) is 0 Å². The largest absolute Gasteiger partial charge is 0.462 e. The fourth-order valence-corrected chi connectivity index (χ4v) is 2.54. The molecule has 0 fully saturated rings. The predicted octanol–water partition coefficient (Wildman–Crippen LogP) is 5.26. The lowest BCUT2D eigenvalue weighted by molar-refractivity contribution is 0.0527. The maximum Gasteiger partial charge on any atom is 0.340 e. The van der Waals surface area contributed by atoms with Gasteiger partial charge in [0, 0.05) is 10.7 Å². The number of carbonyl (C=O) groups is 1. The first-order chi connectivity index (χ1) is 11.7. The van der Waals surface area contributed by atoms with Crippen molar-refractivity contribution in [2.45, 2.75) is 6.92 Å². The Morgan fingerprint density at radius 3 is 2.50 bits per heavy atom. The number of ether oxygens (including phenoxy) is 1. The summed E-state index contributed by atoms with van der Waals surface area (Å²) in [5.74, 6) is 0.357. The lowest BCUT2D eigenvalue weighted by atomic mass is 10.1. The average molecular weight is 341 g/mol. The van der Waals surface area contributed by atoms with E-state index in [9.17, 15) is 4.79 Å². The predicted molar refractivity (Wildman–Crippen MR) is 96.9 cm³/mol. The molecule has 0 bridgehead atoms. The van der Waals surface area contributed by atoms with Crippen LogP contribution in [0.1, 0.15) is 17.3 Å². The summed E-state index contributed by atoms with van der Waals surface area (Å²) >= 11 is 5.90. The fraction of sp³-hybridized carbons (Fsp3) is 0.105. The van der Waals surface area contributed by atoms with Gasteiger partial charge in [-0.1, -0.05) is 41.9 Å². The maximum absolute atomic E-state index is 12.3. The topological polar surface area (TPSA) is 54.1 Å². The summed E-state index contributed by atoms with van der Waals surface area (Å²) in [7, 11) is 0. The van der Waals surface area contributed by atoms with Crippen molar-refractivity contribution in [1.29, 1.82) is 0 Å². The van der Waals surface area contributed by atoms with Gasteiger partial charge in [0.15, 0.2) is 0 Å². The Bertz CT molecular complexity index is 826. The zero-order chi connectivity index (χ0) is 16.9. The highest BCUT2D eigenvalue weighted by atomic mass is 35.5. The van der Waals surface area contributed by atoms with Gasteiger partial charge in [-0.05, 0) is 42.8 Å². The number of rotatable bonds is 5. The molecule has 0 unspecified atom stereocenters. The van der Waals surface area contributed by atoms with E-state index in [-0.39, 0.29) is 5.97 Å². The number of H-pyrrole nitrogens is 1. The Hall–Kier alpha value is -2.72. The summed E-state index contributed by atoms with van der Waals surface area (Å²) in [5.41, 5.74) is 3.02. The number of nitrogens with one attached hydrogen (secondary N) is 2. The maximum atomic E-state index is 12.3. The zero-order valence-corrected chi connectivity index (χ0v) is 13.9. The normalized spacial score (nSPS) is 10.4. The van der Waals surface area contributed by atoms with Crippen LogP contribution in [0.3, 0.4) is 0 Å². The summed E-state index contributed by atoms with van der Waals surface area (Å²) < 4.78 is 5.17. The highest BCUT2D eigenvalue weighted by molar-refractivity contribution is 6.30. The van der Waals surface area contributed by atoms with E-state index in [4.69, 9.17) is 16.3 Å². The second-order valence-electron chi connectivity index (χ2n) is 5.19. The van der Waals surface area contributed by atoms with Gasteiger partial charge in [-0.15, -0.1) is 0 Å². The molecule has 0 saturated carbocycles. The summed E-state index contributed by atoms with van der Waals surface area (Å²) in [5, 5.41) is 3.91.